The Morgan fingerprint density at radius 2 is 1.95 bits per heavy atom. The maximum absolute atomic E-state index is 12.2. The second-order valence-electron chi connectivity index (χ2n) is 3.74. The van der Waals surface area contributed by atoms with Gasteiger partial charge in [-0.05, 0) is 12.1 Å². The molecule has 0 atom stereocenters. The zero-order valence-corrected chi connectivity index (χ0v) is 9.59. The lowest BCUT2D eigenvalue weighted by molar-refractivity contribution is -0.142. The molecule has 0 amide bonds. The van der Waals surface area contributed by atoms with Gasteiger partial charge in [0.1, 0.15) is 12.3 Å². The average Bonchev–Trinajstić information content (AvgIpc) is 2.70. The van der Waals surface area contributed by atoms with E-state index in [1.54, 1.807) is 30.3 Å². The van der Waals surface area contributed by atoms with Crippen LogP contribution in [0.5, 0.6) is 11.6 Å². The Balaban J connectivity index is 2.23. The number of benzene rings is 1. The largest absolute Gasteiger partial charge is 0.437 e. The minimum absolute atomic E-state index is 0.0342. The average molecular weight is 270 g/mol. The van der Waals surface area contributed by atoms with Gasteiger partial charge < -0.3 is 4.74 Å². The van der Waals surface area contributed by atoms with Crippen LogP contribution in [0.2, 0.25) is 0 Å². The number of hydrogen-bond donors (Lipinski definition) is 0. The van der Waals surface area contributed by atoms with Crippen molar-refractivity contribution in [3.63, 3.8) is 0 Å². The van der Waals surface area contributed by atoms with Crippen molar-refractivity contribution in [1.29, 1.82) is 0 Å². The molecule has 0 aliphatic carbocycles. The van der Waals surface area contributed by atoms with E-state index < -0.39 is 12.7 Å². The van der Waals surface area contributed by atoms with Crippen LogP contribution in [0, 0.1) is 0 Å². The summed E-state index contributed by atoms with van der Waals surface area (Å²) in [6, 6.07) is 8.37. The first-order chi connectivity index (χ1) is 8.98. The second-order valence-corrected chi connectivity index (χ2v) is 3.74. The minimum atomic E-state index is -4.41. The van der Waals surface area contributed by atoms with Crippen molar-refractivity contribution in [2.75, 3.05) is 0 Å². The fourth-order valence-corrected chi connectivity index (χ4v) is 1.44. The first-order valence-electron chi connectivity index (χ1n) is 5.30. The van der Waals surface area contributed by atoms with E-state index in [9.17, 15) is 18.0 Å². The first-order valence-corrected chi connectivity index (χ1v) is 5.30. The smallest absolute Gasteiger partial charge is 0.408 e. The highest BCUT2D eigenvalue weighted by Gasteiger charge is 2.29. The minimum Gasteiger partial charge on any atom is -0.437 e. The molecule has 1 aromatic heterocycles. The van der Waals surface area contributed by atoms with Gasteiger partial charge in [0.05, 0.1) is 5.56 Å². The summed E-state index contributed by atoms with van der Waals surface area (Å²) in [5.74, 6) is 0.244. The van der Waals surface area contributed by atoms with Crippen molar-refractivity contribution in [1.82, 2.24) is 9.78 Å². The third-order valence-corrected chi connectivity index (χ3v) is 2.18. The van der Waals surface area contributed by atoms with Crippen LogP contribution in [0.4, 0.5) is 13.2 Å². The molecule has 7 heteroatoms. The zero-order valence-electron chi connectivity index (χ0n) is 9.59. The van der Waals surface area contributed by atoms with Crippen LogP contribution in [0.3, 0.4) is 0 Å². The molecule has 0 bridgehead atoms. The lowest BCUT2D eigenvalue weighted by Gasteiger charge is -2.05. The van der Waals surface area contributed by atoms with Gasteiger partial charge in [-0.25, -0.2) is 0 Å². The molecule has 0 spiro atoms. The van der Waals surface area contributed by atoms with Crippen LogP contribution in [-0.2, 0) is 6.54 Å². The van der Waals surface area contributed by atoms with Gasteiger partial charge in [0.2, 0.25) is 5.88 Å². The number of carbonyl (C=O) groups excluding carboxylic acids is 1. The van der Waals surface area contributed by atoms with Crippen molar-refractivity contribution in [2.24, 2.45) is 0 Å². The van der Waals surface area contributed by atoms with E-state index in [1.807, 2.05) is 0 Å². The maximum atomic E-state index is 12.2. The summed E-state index contributed by atoms with van der Waals surface area (Å²) in [6.45, 7) is -1.27. The number of ether oxygens (including phenoxy) is 1. The van der Waals surface area contributed by atoms with E-state index in [1.165, 1.54) is 0 Å². The van der Waals surface area contributed by atoms with E-state index >= 15 is 0 Å². The molecule has 0 radical (unpaired) electrons. The number of nitrogens with zero attached hydrogens (tertiary/aromatic N) is 2. The topological polar surface area (TPSA) is 44.1 Å². The summed E-state index contributed by atoms with van der Waals surface area (Å²) in [6.07, 6.45) is -3.01. The highest BCUT2D eigenvalue weighted by atomic mass is 19.4. The number of alkyl halides is 3. The Morgan fingerprint density at radius 3 is 2.53 bits per heavy atom. The van der Waals surface area contributed by atoms with Crippen LogP contribution in [0.25, 0.3) is 0 Å². The standard InChI is InChI=1S/C12H9F3N2O2/c13-12(14,15)8-17-6-9(7-18)11(16-17)19-10-4-2-1-3-5-10/h1-7H,8H2. The van der Waals surface area contributed by atoms with Gasteiger partial charge in [-0.15, -0.1) is 5.10 Å². The molecule has 0 unspecified atom stereocenters. The number of carbonyl (C=O) groups is 1. The monoisotopic (exact) mass is 270 g/mol. The Labute approximate surface area is 106 Å². The molecular weight excluding hydrogens is 261 g/mol. The predicted octanol–water partition coefficient (Wildman–Crippen LogP) is 3.05. The van der Waals surface area contributed by atoms with Crippen molar-refractivity contribution in [3.8, 4) is 11.6 Å². The molecule has 19 heavy (non-hydrogen) atoms. The van der Waals surface area contributed by atoms with Crippen LogP contribution < -0.4 is 4.74 Å². The molecule has 0 N–H and O–H groups in total. The molecule has 1 heterocycles. The van der Waals surface area contributed by atoms with Crippen molar-refractivity contribution < 1.29 is 22.7 Å². The number of aromatic nitrogens is 2. The number of aldehydes is 1. The highest BCUT2D eigenvalue weighted by molar-refractivity contribution is 5.77. The van der Waals surface area contributed by atoms with E-state index in [0.717, 1.165) is 6.20 Å². The fourth-order valence-electron chi connectivity index (χ4n) is 1.44. The van der Waals surface area contributed by atoms with Gasteiger partial charge >= 0.3 is 6.18 Å². The van der Waals surface area contributed by atoms with Crippen LogP contribution in [0.1, 0.15) is 10.4 Å². The molecule has 100 valence electrons. The van der Waals surface area contributed by atoms with Crippen molar-refractivity contribution in [2.45, 2.75) is 12.7 Å². The summed E-state index contributed by atoms with van der Waals surface area (Å²) in [7, 11) is 0. The lowest BCUT2D eigenvalue weighted by Crippen LogP contribution is -2.17. The normalized spacial score (nSPS) is 11.3. The summed E-state index contributed by atoms with van der Waals surface area (Å²) >= 11 is 0. The number of rotatable bonds is 4. The molecular formula is C12H9F3N2O2. The summed E-state index contributed by atoms with van der Waals surface area (Å²) < 4.78 is 42.6. The summed E-state index contributed by atoms with van der Waals surface area (Å²) in [5.41, 5.74) is -0.0342. The van der Waals surface area contributed by atoms with Gasteiger partial charge in [-0.1, -0.05) is 18.2 Å². The van der Waals surface area contributed by atoms with Crippen LogP contribution >= 0.6 is 0 Å². The molecule has 0 saturated heterocycles. The van der Waals surface area contributed by atoms with E-state index in [0.29, 0.717) is 16.7 Å². The Kier molecular flexibility index (Phi) is 3.55. The molecule has 2 rings (SSSR count). The molecule has 1 aromatic carbocycles. The molecule has 4 nitrogen and oxygen atoms in total. The Morgan fingerprint density at radius 1 is 1.26 bits per heavy atom. The number of halogens is 3. The Bertz CT molecular complexity index is 564. The van der Waals surface area contributed by atoms with Gasteiger partial charge in [0, 0.05) is 6.20 Å². The van der Waals surface area contributed by atoms with Crippen molar-refractivity contribution >= 4 is 6.29 Å². The number of para-hydroxylation sites is 1. The van der Waals surface area contributed by atoms with Gasteiger partial charge in [-0.3, -0.25) is 9.48 Å². The maximum Gasteiger partial charge on any atom is 0.408 e. The van der Waals surface area contributed by atoms with Gasteiger partial charge in [0.25, 0.3) is 0 Å². The fraction of sp³-hybridized carbons (Fsp3) is 0.167. The quantitative estimate of drug-likeness (QED) is 0.802. The summed E-state index contributed by atoms with van der Waals surface area (Å²) in [5, 5.41) is 3.60. The summed E-state index contributed by atoms with van der Waals surface area (Å²) in [4.78, 5) is 10.8. The molecule has 2 aromatic rings. The SMILES string of the molecule is O=Cc1cn(CC(F)(F)F)nc1Oc1ccccc1. The predicted molar refractivity (Wildman–Crippen MR) is 60.2 cm³/mol. The van der Waals surface area contributed by atoms with E-state index in [2.05, 4.69) is 5.10 Å². The Hall–Kier alpha value is -2.31. The molecule has 0 fully saturated rings. The highest BCUT2D eigenvalue weighted by Crippen LogP contribution is 2.24. The molecule has 0 aliphatic rings. The van der Waals surface area contributed by atoms with Crippen LogP contribution in [0.15, 0.2) is 36.5 Å². The molecule has 0 saturated carbocycles. The second kappa shape index (κ2) is 5.13. The third-order valence-electron chi connectivity index (χ3n) is 2.18. The molecule has 0 aliphatic heterocycles. The van der Waals surface area contributed by atoms with Crippen LogP contribution in [-0.4, -0.2) is 22.2 Å². The lowest BCUT2D eigenvalue weighted by atomic mass is 10.3. The first kappa shape index (κ1) is 13.1. The number of hydrogen-bond acceptors (Lipinski definition) is 3. The van der Waals surface area contributed by atoms with Gasteiger partial charge in [-0.2, -0.15) is 13.2 Å². The van der Waals surface area contributed by atoms with Gasteiger partial charge in [0.15, 0.2) is 6.29 Å². The zero-order chi connectivity index (χ0) is 13.9. The third kappa shape index (κ3) is 3.57. The van der Waals surface area contributed by atoms with E-state index in [4.69, 9.17) is 4.74 Å². The van der Waals surface area contributed by atoms with E-state index in [-0.39, 0.29) is 11.4 Å². The van der Waals surface area contributed by atoms with Crippen molar-refractivity contribution in [3.05, 3.63) is 42.1 Å².